The van der Waals surface area contributed by atoms with Gasteiger partial charge in [-0.15, -0.1) is 0 Å². The fourth-order valence-corrected chi connectivity index (χ4v) is 1.04. The number of hydrogen-bond donors (Lipinski definition) is 1. The van der Waals surface area contributed by atoms with Crippen LogP contribution in [0.2, 0.25) is 0 Å². The van der Waals surface area contributed by atoms with Gasteiger partial charge in [0.15, 0.2) is 12.4 Å². The molecule has 0 saturated carbocycles. The minimum absolute atomic E-state index is 0.191. The van der Waals surface area contributed by atoms with E-state index < -0.39 is 24.5 Å². The van der Waals surface area contributed by atoms with E-state index in [4.69, 9.17) is 0 Å². The molecule has 3 nitrogen and oxygen atoms in total. The topological polar surface area (TPSA) is 34.2 Å². The Kier molecular flexibility index (Phi) is 4.05. The normalized spacial score (nSPS) is 11.6. The van der Waals surface area contributed by atoms with Gasteiger partial charge in [-0.25, -0.2) is 9.37 Å². The van der Waals surface area contributed by atoms with Crippen LogP contribution in [-0.4, -0.2) is 24.8 Å². The molecule has 0 spiro atoms. The summed E-state index contributed by atoms with van der Waals surface area (Å²) >= 11 is 0. The fraction of sp³-hybridized carbons (Fsp3) is 0.444. The van der Waals surface area contributed by atoms with Gasteiger partial charge >= 0.3 is 6.18 Å². The lowest BCUT2D eigenvalue weighted by molar-refractivity contribution is -0.154. The molecule has 0 aliphatic carbocycles. The van der Waals surface area contributed by atoms with Crippen LogP contribution in [0.15, 0.2) is 12.3 Å². The molecule has 0 aromatic carbocycles. The highest BCUT2D eigenvalue weighted by Gasteiger charge is 2.29. The van der Waals surface area contributed by atoms with Gasteiger partial charge in [-0.3, -0.25) is 0 Å². The van der Waals surface area contributed by atoms with E-state index in [1.807, 2.05) is 0 Å². The highest BCUT2D eigenvalue weighted by molar-refractivity contribution is 5.23. The average molecular weight is 238 g/mol. The summed E-state index contributed by atoms with van der Waals surface area (Å²) in [6, 6.07) is 1.37. The lowest BCUT2D eigenvalue weighted by Crippen LogP contribution is -2.20. The Labute approximate surface area is 89.4 Å². The Hall–Kier alpha value is -1.37. The minimum Gasteiger partial charge on any atom is -0.466 e. The van der Waals surface area contributed by atoms with Crippen LogP contribution < -0.4 is 10.1 Å². The summed E-state index contributed by atoms with van der Waals surface area (Å²) in [6.07, 6.45) is -3.31. The Bertz CT molecular complexity index is 354. The zero-order valence-electron chi connectivity index (χ0n) is 8.44. The van der Waals surface area contributed by atoms with Gasteiger partial charge in [0.2, 0.25) is 0 Å². The van der Waals surface area contributed by atoms with Gasteiger partial charge in [-0.05, 0) is 13.1 Å². The monoisotopic (exact) mass is 238 g/mol. The van der Waals surface area contributed by atoms with Gasteiger partial charge in [-0.2, -0.15) is 13.2 Å². The Balaban J connectivity index is 2.77. The van der Waals surface area contributed by atoms with E-state index in [2.05, 4.69) is 15.0 Å². The van der Waals surface area contributed by atoms with Crippen molar-refractivity contribution in [1.29, 1.82) is 0 Å². The van der Waals surface area contributed by atoms with Crippen molar-refractivity contribution >= 4 is 0 Å². The van der Waals surface area contributed by atoms with Crippen LogP contribution >= 0.6 is 0 Å². The molecule has 16 heavy (non-hydrogen) atoms. The predicted octanol–water partition coefficient (Wildman–Crippen LogP) is 1.88. The van der Waals surface area contributed by atoms with Crippen molar-refractivity contribution in [2.75, 3.05) is 13.7 Å². The van der Waals surface area contributed by atoms with Gasteiger partial charge in [0.1, 0.15) is 0 Å². The van der Waals surface area contributed by atoms with E-state index in [-0.39, 0.29) is 12.1 Å². The summed E-state index contributed by atoms with van der Waals surface area (Å²) in [5, 5.41) is 2.68. The number of nitrogens with one attached hydrogen (secondary N) is 1. The maximum absolute atomic E-state index is 13.4. The molecule has 1 aromatic heterocycles. The first-order valence-electron chi connectivity index (χ1n) is 4.41. The van der Waals surface area contributed by atoms with E-state index >= 15 is 0 Å². The maximum atomic E-state index is 13.4. The van der Waals surface area contributed by atoms with Gasteiger partial charge in [0.25, 0.3) is 5.88 Å². The number of rotatable bonds is 4. The third-order valence-electron chi connectivity index (χ3n) is 1.68. The molecule has 1 aromatic rings. The molecule has 0 aliphatic heterocycles. The zero-order valence-corrected chi connectivity index (χ0v) is 8.44. The summed E-state index contributed by atoms with van der Waals surface area (Å²) in [7, 11) is 1.59. The van der Waals surface area contributed by atoms with E-state index in [0.717, 1.165) is 0 Å². The number of ether oxygens (including phenoxy) is 1. The van der Waals surface area contributed by atoms with Crippen LogP contribution in [0.1, 0.15) is 5.56 Å². The van der Waals surface area contributed by atoms with Crippen molar-refractivity contribution in [2.45, 2.75) is 12.7 Å². The lowest BCUT2D eigenvalue weighted by atomic mass is 10.2. The first-order chi connectivity index (χ1) is 7.44. The number of hydrogen-bond acceptors (Lipinski definition) is 3. The quantitative estimate of drug-likeness (QED) is 0.813. The molecule has 1 N–H and O–H groups in total. The van der Waals surface area contributed by atoms with Crippen molar-refractivity contribution in [3.8, 4) is 5.88 Å². The van der Waals surface area contributed by atoms with Gasteiger partial charge in [0.05, 0.1) is 0 Å². The molecule has 0 saturated heterocycles. The summed E-state index contributed by atoms with van der Waals surface area (Å²) in [5.74, 6) is -1.51. The van der Waals surface area contributed by atoms with Crippen molar-refractivity contribution in [3.63, 3.8) is 0 Å². The molecule has 0 bridgehead atoms. The van der Waals surface area contributed by atoms with E-state index in [1.165, 1.54) is 12.3 Å². The molecule has 0 amide bonds. The van der Waals surface area contributed by atoms with Gasteiger partial charge in [-0.1, -0.05) is 0 Å². The van der Waals surface area contributed by atoms with Crippen LogP contribution in [0.3, 0.4) is 0 Å². The molecule has 0 radical (unpaired) electrons. The average Bonchev–Trinajstić information content (AvgIpc) is 2.18. The summed E-state index contributed by atoms with van der Waals surface area (Å²) < 4.78 is 53.2. The molecule has 0 aliphatic rings. The number of alkyl halides is 3. The summed E-state index contributed by atoms with van der Waals surface area (Å²) in [4.78, 5) is 3.40. The van der Waals surface area contributed by atoms with E-state index in [9.17, 15) is 17.6 Å². The zero-order chi connectivity index (χ0) is 12.2. The van der Waals surface area contributed by atoms with Gasteiger partial charge < -0.3 is 10.1 Å². The lowest BCUT2D eigenvalue weighted by Gasteiger charge is -2.10. The minimum atomic E-state index is -4.51. The second-order valence-corrected chi connectivity index (χ2v) is 3.02. The third kappa shape index (κ3) is 3.65. The number of nitrogens with zero attached hydrogens (tertiary/aromatic N) is 1. The number of halogens is 4. The van der Waals surface area contributed by atoms with Gasteiger partial charge in [0, 0.05) is 18.3 Å². The second-order valence-electron chi connectivity index (χ2n) is 3.02. The van der Waals surface area contributed by atoms with E-state index in [1.54, 1.807) is 7.05 Å². The Morgan fingerprint density at radius 1 is 1.44 bits per heavy atom. The van der Waals surface area contributed by atoms with Crippen molar-refractivity contribution < 1.29 is 22.3 Å². The SMILES string of the molecule is CNCc1ccnc(OCC(F)(F)F)c1F. The van der Waals surface area contributed by atoms with Crippen LogP contribution in [0.25, 0.3) is 0 Å². The standard InChI is InChI=1S/C9H10F4N2O/c1-14-4-6-2-3-15-8(7(6)10)16-5-9(11,12)13/h2-3,14H,4-5H2,1H3. The number of pyridine rings is 1. The maximum Gasteiger partial charge on any atom is 0.422 e. The van der Waals surface area contributed by atoms with Crippen molar-refractivity contribution in [3.05, 3.63) is 23.6 Å². The van der Waals surface area contributed by atoms with Crippen LogP contribution in [0, 0.1) is 5.82 Å². The van der Waals surface area contributed by atoms with Crippen LogP contribution in [-0.2, 0) is 6.54 Å². The molecule has 0 atom stereocenters. The highest BCUT2D eigenvalue weighted by atomic mass is 19.4. The molecular weight excluding hydrogens is 228 g/mol. The summed E-state index contributed by atoms with van der Waals surface area (Å²) in [5.41, 5.74) is 0.203. The molecule has 0 fully saturated rings. The first-order valence-corrected chi connectivity index (χ1v) is 4.41. The molecule has 0 unspecified atom stereocenters. The van der Waals surface area contributed by atoms with Crippen molar-refractivity contribution in [1.82, 2.24) is 10.3 Å². The first kappa shape index (κ1) is 12.7. The number of aromatic nitrogens is 1. The fourth-order valence-electron chi connectivity index (χ4n) is 1.04. The third-order valence-corrected chi connectivity index (χ3v) is 1.68. The Morgan fingerprint density at radius 2 is 2.12 bits per heavy atom. The van der Waals surface area contributed by atoms with Crippen molar-refractivity contribution in [2.24, 2.45) is 0 Å². The molecule has 1 heterocycles. The smallest absolute Gasteiger partial charge is 0.422 e. The Morgan fingerprint density at radius 3 is 2.69 bits per heavy atom. The summed E-state index contributed by atoms with van der Waals surface area (Å²) in [6.45, 7) is -1.36. The van der Waals surface area contributed by atoms with E-state index in [0.29, 0.717) is 0 Å². The highest BCUT2D eigenvalue weighted by Crippen LogP contribution is 2.21. The molecule has 1 rings (SSSR count). The van der Waals surface area contributed by atoms with Crippen LogP contribution in [0.5, 0.6) is 5.88 Å². The molecule has 90 valence electrons. The molecular formula is C9H10F4N2O. The predicted molar refractivity (Wildman–Crippen MR) is 48.5 cm³/mol. The largest absolute Gasteiger partial charge is 0.466 e. The second kappa shape index (κ2) is 5.11. The molecule has 7 heteroatoms. The van der Waals surface area contributed by atoms with Crippen LogP contribution in [0.4, 0.5) is 17.6 Å².